The quantitative estimate of drug-likeness (QED) is 0.753. The summed E-state index contributed by atoms with van der Waals surface area (Å²) in [5.74, 6) is -0.556. The molecule has 1 rings (SSSR count). The maximum absolute atomic E-state index is 10.8. The standard InChI is InChI=1S/C7H8O2S.C5H11NO3/c1-10(8,9)7-5-3-2-4-6-7;1-2-9-5(8)4(6)3-7/h2-6H,1H3;4,7H,2-3,6H2,1H3. The van der Waals surface area contributed by atoms with Crippen molar-refractivity contribution in [3.8, 4) is 0 Å². The lowest BCUT2D eigenvalue weighted by Crippen LogP contribution is -2.35. The Kier molecular flexibility index (Phi) is 7.97. The van der Waals surface area contributed by atoms with Gasteiger partial charge in [0.2, 0.25) is 0 Å². The first kappa shape index (κ1) is 17.6. The second-order valence-corrected chi connectivity index (χ2v) is 5.64. The normalized spacial score (nSPS) is 12.0. The van der Waals surface area contributed by atoms with E-state index in [9.17, 15) is 13.2 Å². The van der Waals surface area contributed by atoms with Gasteiger partial charge in [0.25, 0.3) is 0 Å². The van der Waals surface area contributed by atoms with Crippen LogP contribution in [0.2, 0.25) is 0 Å². The van der Waals surface area contributed by atoms with Gasteiger partial charge in [-0.2, -0.15) is 0 Å². The van der Waals surface area contributed by atoms with Gasteiger partial charge in [0.05, 0.1) is 18.1 Å². The lowest BCUT2D eigenvalue weighted by atomic mass is 10.3. The number of aliphatic hydroxyl groups is 1. The lowest BCUT2D eigenvalue weighted by Gasteiger charge is -2.05. The first-order valence-electron chi connectivity index (χ1n) is 5.61. The highest BCUT2D eigenvalue weighted by atomic mass is 32.2. The van der Waals surface area contributed by atoms with Gasteiger partial charge in [-0.25, -0.2) is 8.42 Å². The second-order valence-electron chi connectivity index (χ2n) is 3.63. The van der Waals surface area contributed by atoms with Crippen LogP contribution in [0.15, 0.2) is 35.2 Å². The fourth-order valence-electron chi connectivity index (χ4n) is 0.992. The fourth-order valence-corrected chi connectivity index (χ4v) is 1.64. The van der Waals surface area contributed by atoms with Crippen LogP contribution in [0.1, 0.15) is 6.92 Å². The summed E-state index contributed by atoms with van der Waals surface area (Å²) in [5.41, 5.74) is 5.08. The minimum Gasteiger partial charge on any atom is -0.465 e. The van der Waals surface area contributed by atoms with Crippen LogP contribution < -0.4 is 5.73 Å². The number of hydrogen-bond donors (Lipinski definition) is 2. The molecule has 0 heterocycles. The smallest absolute Gasteiger partial charge is 0.325 e. The Hall–Kier alpha value is -1.44. The van der Waals surface area contributed by atoms with E-state index in [1.807, 2.05) is 0 Å². The number of aliphatic hydroxyl groups excluding tert-OH is 1. The third-order valence-corrected chi connectivity index (χ3v) is 3.09. The van der Waals surface area contributed by atoms with E-state index >= 15 is 0 Å². The molecule has 0 fully saturated rings. The molecule has 0 spiro atoms. The number of ether oxygens (including phenoxy) is 1. The summed E-state index contributed by atoms with van der Waals surface area (Å²) < 4.78 is 26.1. The van der Waals surface area contributed by atoms with Crippen molar-refractivity contribution in [1.29, 1.82) is 0 Å². The van der Waals surface area contributed by atoms with Crippen molar-refractivity contribution in [2.24, 2.45) is 5.73 Å². The molecule has 7 heteroatoms. The van der Waals surface area contributed by atoms with E-state index < -0.39 is 21.8 Å². The van der Waals surface area contributed by atoms with Crippen molar-refractivity contribution in [3.63, 3.8) is 0 Å². The molecule has 1 aromatic carbocycles. The predicted octanol–water partition coefficient (Wildman–Crippen LogP) is -0.0408. The number of nitrogens with two attached hydrogens (primary N) is 1. The summed E-state index contributed by atoms with van der Waals surface area (Å²) in [7, 11) is -3.00. The third-order valence-electron chi connectivity index (χ3n) is 1.96. The van der Waals surface area contributed by atoms with Crippen LogP contribution in [0, 0.1) is 0 Å². The van der Waals surface area contributed by atoms with Crippen molar-refractivity contribution in [3.05, 3.63) is 30.3 Å². The Labute approximate surface area is 113 Å². The van der Waals surface area contributed by atoms with E-state index in [1.165, 1.54) is 6.26 Å². The van der Waals surface area contributed by atoms with Crippen LogP contribution in [0.5, 0.6) is 0 Å². The Morgan fingerprint density at radius 2 is 1.89 bits per heavy atom. The minimum absolute atomic E-state index is 0.298. The van der Waals surface area contributed by atoms with Crippen molar-refractivity contribution in [2.45, 2.75) is 17.9 Å². The van der Waals surface area contributed by atoms with E-state index in [4.69, 9.17) is 10.8 Å². The average molecular weight is 289 g/mol. The topological polar surface area (TPSA) is 107 Å². The van der Waals surface area contributed by atoms with Gasteiger partial charge >= 0.3 is 5.97 Å². The van der Waals surface area contributed by atoms with E-state index in [0.29, 0.717) is 11.5 Å². The molecule has 0 aromatic heterocycles. The summed E-state index contributed by atoms with van der Waals surface area (Å²) >= 11 is 0. The summed E-state index contributed by atoms with van der Waals surface area (Å²) in [6, 6.07) is 7.47. The summed E-state index contributed by atoms with van der Waals surface area (Å²) in [4.78, 5) is 10.8. The number of rotatable bonds is 4. The highest BCUT2D eigenvalue weighted by Crippen LogP contribution is 2.05. The molecule has 0 saturated carbocycles. The molecule has 1 unspecified atom stereocenters. The van der Waals surface area contributed by atoms with Gasteiger partial charge < -0.3 is 15.6 Å². The van der Waals surface area contributed by atoms with Gasteiger partial charge in [-0.3, -0.25) is 4.79 Å². The third kappa shape index (κ3) is 7.55. The zero-order valence-corrected chi connectivity index (χ0v) is 11.8. The van der Waals surface area contributed by atoms with Crippen molar-refractivity contribution in [2.75, 3.05) is 19.5 Å². The van der Waals surface area contributed by atoms with Crippen molar-refractivity contribution in [1.82, 2.24) is 0 Å². The van der Waals surface area contributed by atoms with E-state index in [-0.39, 0.29) is 6.61 Å². The molecular weight excluding hydrogens is 270 g/mol. The highest BCUT2D eigenvalue weighted by molar-refractivity contribution is 7.90. The molecule has 0 aliphatic heterocycles. The zero-order chi connectivity index (χ0) is 14.9. The van der Waals surface area contributed by atoms with Crippen LogP contribution in [-0.2, 0) is 19.4 Å². The number of benzene rings is 1. The van der Waals surface area contributed by atoms with Gasteiger partial charge in [0, 0.05) is 6.26 Å². The fraction of sp³-hybridized carbons (Fsp3) is 0.417. The Morgan fingerprint density at radius 3 is 2.21 bits per heavy atom. The molecule has 0 radical (unpaired) electrons. The number of sulfone groups is 1. The summed E-state index contributed by atoms with van der Waals surface area (Å²) in [6.45, 7) is 1.62. The van der Waals surface area contributed by atoms with E-state index in [2.05, 4.69) is 4.74 Å². The van der Waals surface area contributed by atoms with Crippen LogP contribution in [-0.4, -0.2) is 45.0 Å². The SMILES string of the molecule is CCOC(=O)C(N)CO.CS(=O)(=O)c1ccccc1. The van der Waals surface area contributed by atoms with Crippen LogP contribution >= 0.6 is 0 Å². The second kappa shape index (κ2) is 8.63. The first-order valence-corrected chi connectivity index (χ1v) is 7.50. The maximum atomic E-state index is 10.8. The minimum atomic E-state index is -3.00. The van der Waals surface area contributed by atoms with E-state index in [0.717, 1.165) is 0 Å². The monoisotopic (exact) mass is 289 g/mol. The van der Waals surface area contributed by atoms with Crippen LogP contribution in [0.3, 0.4) is 0 Å². The van der Waals surface area contributed by atoms with Gasteiger partial charge in [-0.05, 0) is 19.1 Å². The molecule has 1 aromatic rings. The molecule has 0 amide bonds. The largest absolute Gasteiger partial charge is 0.465 e. The molecule has 6 nitrogen and oxygen atoms in total. The van der Waals surface area contributed by atoms with Crippen molar-refractivity contribution >= 4 is 15.8 Å². The maximum Gasteiger partial charge on any atom is 0.325 e. The Bertz CT molecular complexity index is 472. The number of carbonyl (C=O) groups is 1. The summed E-state index contributed by atoms with van der Waals surface area (Å²) in [6.07, 6.45) is 1.20. The lowest BCUT2D eigenvalue weighted by molar-refractivity contribution is -0.145. The molecule has 3 N–H and O–H groups in total. The first-order chi connectivity index (χ1) is 8.82. The zero-order valence-electron chi connectivity index (χ0n) is 10.9. The number of carbonyl (C=O) groups excluding carboxylic acids is 1. The predicted molar refractivity (Wildman–Crippen MR) is 71.2 cm³/mol. The number of hydrogen-bond acceptors (Lipinski definition) is 6. The Balaban J connectivity index is 0.000000344. The molecule has 0 aliphatic carbocycles. The summed E-state index contributed by atoms with van der Waals surface area (Å²) in [5, 5.41) is 8.31. The molecule has 0 saturated heterocycles. The van der Waals surface area contributed by atoms with Crippen LogP contribution in [0.25, 0.3) is 0 Å². The molecule has 0 aliphatic rings. The molecular formula is C12H19NO5S. The van der Waals surface area contributed by atoms with Crippen LogP contribution in [0.4, 0.5) is 0 Å². The van der Waals surface area contributed by atoms with Crippen molar-refractivity contribution < 1.29 is 23.1 Å². The van der Waals surface area contributed by atoms with Gasteiger partial charge in [-0.1, -0.05) is 18.2 Å². The molecule has 19 heavy (non-hydrogen) atoms. The molecule has 1 atom stereocenters. The molecule has 0 bridgehead atoms. The molecule has 108 valence electrons. The van der Waals surface area contributed by atoms with Gasteiger partial charge in [0.1, 0.15) is 6.04 Å². The number of esters is 1. The Morgan fingerprint density at radius 1 is 1.37 bits per heavy atom. The van der Waals surface area contributed by atoms with E-state index in [1.54, 1.807) is 37.3 Å². The van der Waals surface area contributed by atoms with Gasteiger partial charge in [-0.15, -0.1) is 0 Å². The average Bonchev–Trinajstić information content (AvgIpc) is 2.39. The highest BCUT2D eigenvalue weighted by Gasteiger charge is 2.11. The van der Waals surface area contributed by atoms with Gasteiger partial charge in [0.15, 0.2) is 9.84 Å².